The minimum absolute atomic E-state index is 0.0603. The molecule has 2 aromatic rings. The van der Waals surface area contributed by atoms with Gasteiger partial charge in [-0.15, -0.1) is 0 Å². The maximum atomic E-state index is 12.6. The number of imidazole rings is 1. The van der Waals surface area contributed by atoms with Crippen LogP contribution in [0.5, 0.6) is 0 Å². The molecule has 1 aliphatic heterocycles. The molecule has 1 atom stereocenters. The van der Waals surface area contributed by atoms with Gasteiger partial charge in [0, 0.05) is 26.2 Å². The van der Waals surface area contributed by atoms with Crippen molar-refractivity contribution in [3.05, 3.63) is 41.4 Å². The number of carbonyl (C=O) groups excluding carboxylic acids is 1. The lowest BCUT2D eigenvalue weighted by molar-refractivity contribution is -0.124. The quantitative estimate of drug-likeness (QED) is 0.936. The van der Waals surface area contributed by atoms with Crippen LogP contribution in [-0.2, 0) is 24.9 Å². The van der Waals surface area contributed by atoms with Crippen molar-refractivity contribution in [2.75, 3.05) is 6.54 Å². The molecule has 0 aromatic carbocycles. The van der Waals surface area contributed by atoms with Crippen LogP contribution in [0.25, 0.3) is 0 Å². The average Bonchev–Trinajstić information content (AvgIpc) is 3.04. The van der Waals surface area contributed by atoms with Gasteiger partial charge in [0.1, 0.15) is 11.5 Å². The van der Waals surface area contributed by atoms with Crippen molar-refractivity contribution in [1.82, 2.24) is 19.8 Å². The van der Waals surface area contributed by atoms with Gasteiger partial charge in [-0.2, -0.15) is 0 Å². The molecule has 1 aliphatic rings. The minimum atomic E-state index is -0.204. The maximum Gasteiger partial charge on any atom is 0.230 e. The Morgan fingerprint density at radius 1 is 1.48 bits per heavy atom. The summed E-state index contributed by atoms with van der Waals surface area (Å²) in [6.07, 6.45) is 1.79. The normalized spacial score (nSPS) is 18.2. The number of hydrogen-bond donors (Lipinski definition) is 1. The molecule has 1 amide bonds. The van der Waals surface area contributed by atoms with Crippen LogP contribution in [-0.4, -0.2) is 32.9 Å². The van der Waals surface area contributed by atoms with Crippen molar-refractivity contribution in [2.24, 2.45) is 7.05 Å². The molecule has 0 saturated heterocycles. The zero-order valence-electron chi connectivity index (χ0n) is 14.2. The van der Waals surface area contributed by atoms with Gasteiger partial charge in [0.05, 0.1) is 30.2 Å². The summed E-state index contributed by atoms with van der Waals surface area (Å²) in [6.45, 7) is 8.00. The Hall–Kier alpha value is -2.08. The molecule has 0 radical (unpaired) electrons. The summed E-state index contributed by atoms with van der Waals surface area (Å²) >= 11 is 0. The number of carbonyl (C=O) groups is 1. The first-order valence-corrected chi connectivity index (χ1v) is 8.02. The topological polar surface area (TPSA) is 63.3 Å². The van der Waals surface area contributed by atoms with E-state index in [-0.39, 0.29) is 17.9 Å². The molecule has 6 nitrogen and oxygen atoms in total. The van der Waals surface area contributed by atoms with Gasteiger partial charge in [-0.1, -0.05) is 0 Å². The van der Waals surface area contributed by atoms with Gasteiger partial charge in [-0.05, 0) is 32.9 Å². The number of aryl methyl sites for hydroxylation is 2. The molecule has 0 aliphatic carbocycles. The van der Waals surface area contributed by atoms with Crippen molar-refractivity contribution in [3.8, 4) is 0 Å². The third kappa shape index (κ3) is 3.32. The van der Waals surface area contributed by atoms with Crippen LogP contribution in [0.15, 0.2) is 22.9 Å². The first kappa shape index (κ1) is 15.8. The van der Waals surface area contributed by atoms with E-state index in [1.807, 2.05) is 44.5 Å². The summed E-state index contributed by atoms with van der Waals surface area (Å²) in [5, 5.41) is 3.03. The van der Waals surface area contributed by atoms with E-state index in [1.54, 1.807) is 6.33 Å². The van der Waals surface area contributed by atoms with Crippen LogP contribution in [0.4, 0.5) is 0 Å². The smallest absolute Gasteiger partial charge is 0.230 e. The van der Waals surface area contributed by atoms with Gasteiger partial charge < -0.3 is 14.3 Å². The molecule has 0 spiro atoms. The Labute approximate surface area is 136 Å². The number of nitrogens with zero attached hydrogens (tertiary/aromatic N) is 3. The van der Waals surface area contributed by atoms with E-state index in [4.69, 9.17) is 4.42 Å². The number of furan rings is 1. The minimum Gasteiger partial charge on any atom is -0.465 e. The molecule has 0 saturated carbocycles. The van der Waals surface area contributed by atoms with Crippen LogP contribution in [0, 0.1) is 6.92 Å². The lowest BCUT2D eigenvalue weighted by Crippen LogP contribution is -2.43. The number of rotatable bonds is 4. The van der Waals surface area contributed by atoms with Crippen LogP contribution in [0.2, 0.25) is 0 Å². The molecule has 124 valence electrons. The van der Waals surface area contributed by atoms with Crippen molar-refractivity contribution in [2.45, 2.75) is 45.8 Å². The first-order chi connectivity index (χ1) is 10.9. The van der Waals surface area contributed by atoms with E-state index < -0.39 is 0 Å². The van der Waals surface area contributed by atoms with E-state index in [1.165, 1.54) is 0 Å². The van der Waals surface area contributed by atoms with Crippen molar-refractivity contribution >= 4 is 5.91 Å². The Balaban J connectivity index is 1.83. The summed E-state index contributed by atoms with van der Waals surface area (Å²) in [5.41, 5.74) is 2.00. The zero-order chi connectivity index (χ0) is 16.6. The molecule has 23 heavy (non-hydrogen) atoms. The van der Waals surface area contributed by atoms with E-state index in [9.17, 15) is 4.79 Å². The fraction of sp³-hybridized carbons (Fsp3) is 0.529. The third-order valence-electron chi connectivity index (χ3n) is 4.13. The fourth-order valence-corrected chi connectivity index (χ4v) is 3.18. The number of aromatic nitrogens is 2. The number of hydrogen-bond acceptors (Lipinski definition) is 4. The zero-order valence-corrected chi connectivity index (χ0v) is 14.2. The SMILES string of the molecule is Cc1ccc(CN2Cc3ncn(C)c3C(C(=O)NC(C)C)C2)o1. The lowest BCUT2D eigenvalue weighted by Gasteiger charge is -2.32. The first-order valence-electron chi connectivity index (χ1n) is 8.02. The van der Waals surface area contributed by atoms with Gasteiger partial charge in [-0.3, -0.25) is 9.69 Å². The second-order valence-electron chi connectivity index (χ2n) is 6.59. The second kappa shape index (κ2) is 6.20. The van der Waals surface area contributed by atoms with Crippen LogP contribution in [0.3, 0.4) is 0 Å². The largest absolute Gasteiger partial charge is 0.465 e. The molecular formula is C17H24N4O2. The molecule has 1 unspecified atom stereocenters. The van der Waals surface area contributed by atoms with Gasteiger partial charge in [-0.25, -0.2) is 4.98 Å². The lowest BCUT2D eigenvalue weighted by atomic mass is 9.96. The number of amides is 1. The third-order valence-corrected chi connectivity index (χ3v) is 4.13. The predicted octanol–water partition coefficient (Wildman–Crippen LogP) is 1.95. The Morgan fingerprint density at radius 2 is 2.26 bits per heavy atom. The van der Waals surface area contributed by atoms with Gasteiger partial charge >= 0.3 is 0 Å². The van der Waals surface area contributed by atoms with Gasteiger partial charge in [0.2, 0.25) is 5.91 Å². The van der Waals surface area contributed by atoms with Crippen molar-refractivity contribution in [1.29, 1.82) is 0 Å². The van der Waals surface area contributed by atoms with E-state index >= 15 is 0 Å². The monoisotopic (exact) mass is 316 g/mol. The van der Waals surface area contributed by atoms with Crippen LogP contribution < -0.4 is 5.32 Å². The molecule has 0 fully saturated rings. The molecular weight excluding hydrogens is 292 g/mol. The van der Waals surface area contributed by atoms with E-state index in [0.29, 0.717) is 13.1 Å². The highest BCUT2D eigenvalue weighted by Crippen LogP contribution is 2.28. The maximum absolute atomic E-state index is 12.6. The van der Waals surface area contributed by atoms with E-state index in [2.05, 4.69) is 15.2 Å². The summed E-state index contributed by atoms with van der Waals surface area (Å²) in [4.78, 5) is 19.3. The number of fused-ring (bicyclic) bond motifs is 1. The number of nitrogens with one attached hydrogen (secondary N) is 1. The predicted molar refractivity (Wildman–Crippen MR) is 86.8 cm³/mol. The Bertz CT molecular complexity index is 701. The molecule has 6 heteroatoms. The summed E-state index contributed by atoms with van der Waals surface area (Å²) in [6, 6.07) is 4.09. The van der Waals surface area contributed by atoms with Gasteiger partial charge in [0.15, 0.2) is 0 Å². The molecule has 1 N–H and O–H groups in total. The van der Waals surface area contributed by atoms with Crippen LogP contribution in [0.1, 0.15) is 42.7 Å². The molecule has 3 heterocycles. The Morgan fingerprint density at radius 3 is 2.91 bits per heavy atom. The Kier molecular flexibility index (Phi) is 4.26. The average molecular weight is 316 g/mol. The van der Waals surface area contributed by atoms with Crippen molar-refractivity contribution in [3.63, 3.8) is 0 Å². The second-order valence-corrected chi connectivity index (χ2v) is 6.59. The summed E-state index contributed by atoms with van der Waals surface area (Å²) in [5.74, 6) is 1.68. The highest BCUT2D eigenvalue weighted by molar-refractivity contribution is 5.84. The highest BCUT2D eigenvalue weighted by atomic mass is 16.3. The fourth-order valence-electron chi connectivity index (χ4n) is 3.18. The molecule has 0 bridgehead atoms. The summed E-state index contributed by atoms with van der Waals surface area (Å²) in [7, 11) is 1.95. The molecule has 2 aromatic heterocycles. The standard InChI is InChI=1S/C17H24N4O2/c1-11(2)19-17(22)14-8-21(7-13-6-5-12(3)23-13)9-15-16(14)20(4)10-18-15/h5-6,10-11,14H,7-9H2,1-4H3,(H,19,22). The molecule has 3 rings (SSSR count). The van der Waals surface area contributed by atoms with Crippen molar-refractivity contribution < 1.29 is 9.21 Å². The summed E-state index contributed by atoms with van der Waals surface area (Å²) < 4.78 is 7.64. The highest BCUT2D eigenvalue weighted by Gasteiger charge is 2.34. The van der Waals surface area contributed by atoms with Crippen LogP contribution >= 0.6 is 0 Å². The van der Waals surface area contributed by atoms with Gasteiger partial charge in [0.25, 0.3) is 0 Å². The van der Waals surface area contributed by atoms with E-state index in [0.717, 1.165) is 29.5 Å².